The highest BCUT2D eigenvalue weighted by Crippen LogP contribution is 2.16. The number of aliphatic hydroxyl groups excluding tert-OH is 1. The molecule has 0 saturated heterocycles. The van der Waals surface area contributed by atoms with Gasteiger partial charge in [-0.25, -0.2) is 0 Å². The Morgan fingerprint density at radius 2 is 1.85 bits per heavy atom. The van der Waals surface area contributed by atoms with Gasteiger partial charge in [-0.05, 0) is 34.2 Å². The van der Waals surface area contributed by atoms with Crippen molar-refractivity contribution in [2.45, 2.75) is 45.3 Å². The van der Waals surface area contributed by atoms with E-state index in [2.05, 4.69) is 26.1 Å². The maximum Gasteiger partial charge on any atom is 0.0675 e. The summed E-state index contributed by atoms with van der Waals surface area (Å²) >= 11 is 0. The molecule has 0 bridgehead atoms. The average Bonchev–Trinajstić information content (AvgIpc) is 2.14. The van der Waals surface area contributed by atoms with Crippen molar-refractivity contribution in [2.75, 3.05) is 20.3 Å². The second kappa shape index (κ2) is 4.94. The van der Waals surface area contributed by atoms with Crippen LogP contribution in [0, 0.1) is 0 Å². The van der Waals surface area contributed by atoms with Gasteiger partial charge in [-0.3, -0.25) is 0 Å². The zero-order valence-corrected chi connectivity index (χ0v) is 9.48. The first-order chi connectivity index (χ1) is 5.89. The SMILES string of the molecule is CCC(C)(C)OCC(C)(CO)NC. The number of hydrogen-bond donors (Lipinski definition) is 2. The molecule has 0 radical (unpaired) electrons. The van der Waals surface area contributed by atoms with E-state index < -0.39 is 0 Å². The summed E-state index contributed by atoms with van der Waals surface area (Å²) in [6.45, 7) is 8.76. The van der Waals surface area contributed by atoms with Crippen molar-refractivity contribution in [1.29, 1.82) is 0 Å². The van der Waals surface area contributed by atoms with Crippen LogP contribution < -0.4 is 5.32 Å². The van der Waals surface area contributed by atoms with E-state index in [1.807, 2.05) is 14.0 Å². The summed E-state index contributed by atoms with van der Waals surface area (Å²) in [5.41, 5.74) is -0.431. The topological polar surface area (TPSA) is 41.5 Å². The number of likely N-dealkylation sites (N-methyl/N-ethyl adjacent to an activating group) is 1. The summed E-state index contributed by atoms with van der Waals surface area (Å²) in [5, 5.41) is 12.2. The van der Waals surface area contributed by atoms with Crippen LogP contribution >= 0.6 is 0 Å². The minimum atomic E-state index is -0.327. The van der Waals surface area contributed by atoms with Crippen LogP contribution in [0.1, 0.15) is 34.1 Å². The van der Waals surface area contributed by atoms with E-state index in [1.54, 1.807) is 0 Å². The monoisotopic (exact) mass is 189 g/mol. The molecule has 0 rings (SSSR count). The van der Waals surface area contributed by atoms with Gasteiger partial charge in [0.15, 0.2) is 0 Å². The van der Waals surface area contributed by atoms with Crippen molar-refractivity contribution >= 4 is 0 Å². The number of nitrogens with one attached hydrogen (secondary N) is 1. The van der Waals surface area contributed by atoms with Crippen molar-refractivity contribution in [3.63, 3.8) is 0 Å². The van der Waals surface area contributed by atoms with Gasteiger partial charge in [-0.15, -0.1) is 0 Å². The second-order valence-corrected chi connectivity index (χ2v) is 4.37. The highest BCUT2D eigenvalue weighted by Gasteiger charge is 2.25. The molecule has 3 nitrogen and oxygen atoms in total. The lowest BCUT2D eigenvalue weighted by Crippen LogP contribution is -2.49. The van der Waals surface area contributed by atoms with Gasteiger partial charge >= 0.3 is 0 Å². The summed E-state index contributed by atoms with van der Waals surface area (Å²) in [6.07, 6.45) is 0.970. The Bertz CT molecular complexity index is 142. The molecular formula is C10H23NO2. The Kier molecular flexibility index (Phi) is 4.89. The number of rotatable bonds is 6. The van der Waals surface area contributed by atoms with Crippen LogP contribution in [0.2, 0.25) is 0 Å². The van der Waals surface area contributed by atoms with E-state index in [-0.39, 0.29) is 17.7 Å². The van der Waals surface area contributed by atoms with Crippen LogP contribution in [0.5, 0.6) is 0 Å². The minimum Gasteiger partial charge on any atom is -0.394 e. The van der Waals surface area contributed by atoms with Gasteiger partial charge in [-0.1, -0.05) is 6.92 Å². The predicted molar refractivity (Wildman–Crippen MR) is 54.9 cm³/mol. The zero-order chi connectivity index (χ0) is 10.5. The molecule has 0 aliphatic carbocycles. The first-order valence-electron chi connectivity index (χ1n) is 4.83. The van der Waals surface area contributed by atoms with E-state index in [0.29, 0.717) is 6.61 Å². The van der Waals surface area contributed by atoms with E-state index in [0.717, 1.165) is 6.42 Å². The summed E-state index contributed by atoms with van der Waals surface area (Å²) in [5.74, 6) is 0. The molecular weight excluding hydrogens is 166 g/mol. The lowest BCUT2D eigenvalue weighted by Gasteiger charge is -2.32. The van der Waals surface area contributed by atoms with E-state index >= 15 is 0 Å². The van der Waals surface area contributed by atoms with Gasteiger partial charge < -0.3 is 15.2 Å². The smallest absolute Gasteiger partial charge is 0.0675 e. The molecule has 0 aromatic rings. The molecule has 0 aliphatic rings. The third kappa shape index (κ3) is 4.60. The van der Waals surface area contributed by atoms with Gasteiger partial charge in [0.2, 0.25) is 0 Å². The fourth-order valence-corrected chi connectivity index (χ4v) is 0.654. The number of aliphatic hydroxyl groups is 1. The van der Waals surface area contributed by atoms with E-state index in [1.165, 1.54) is 0 Å². The summed E-state index contributed by atoms with van der Waals surface area (Å²) < 4.78 is 5.70. The summed E-state index contributed by atoms with van der Waals surface area (Å²) in [7, 11) is 1.83. The Balaban J connectivity index is 3.99. The number of hydrogen-bond acceptors (Lipinski definition) is 3. The zero-order valence-electron chi connectivity index (χ0n) is 9.48. The lowest BCUT2D eigenvalue weighted by atomic mass is 10.0. The van der Waals surface area contributed by atoms with Crippen LogP contribution in [0.15, 0.2) is 0 Å². The molecule has 0 saturated carbocycles. The molecule has 0 spiro atoms. The summed E-state index contributed by atoms with van der Waals surface area (Å²) in [6, 6.07) is 0. The molecule has 3 heteroatoms. The Labute approximate surface area is 81.5 Å². The maximum atomic E-state index is 9.11. The van der Waals surface area contributed by atoms with Crippen LogP contribution in [0.3, 0.4) is 0 Å². The van der Waals surface area contributed by atoms with Crippen molar-refractivity contribution in [2.24, 2.45) is 0 Å². The number of ether oxygens (including phenoxy) is 1. The van der Waals surface area contributed by atoms with Gasteiger partial charge in [0, 0.05) is 0 Å². The molecule has 0 fully saturated rings. The van der Waals surface area contributed by atoms with Gasteiger partial charge in [0.25, 0.3) is 0 Å². The maximum absolute atomic E-state index is 9.11. The van der Waals surface area contributed by atoms with E-state index in [9.17, 15) is 0 Å². The third-order valence-corrected chi connectivity index (χ3v) is 2.59. The quantitative estimate of drug-likeness (QED) is 0.659. The first-order valence-corrected chi connectivity index (χ1v) is 4.83. The molecule has 0 amide bonds. The molecule has 0 aromatic heterocycles. The molecule has 0 aromatic carbocycles. The Morgan fingerprint density at radius 3 is 2.15 bits per heavy atom. The second-order valence-electron chi connectivity index (χ2n) is 4.37. The molecule has 1 atom stereocenters. The minimum absolute atomic E-state index is 0.0866. The molecule has 2 N–H and O–H groups in total. The standard InChI is InChI=1S/C10H23NO2/c1-6-9(2,3)13-8-10(4,7-12)11-5/h11-12H,6-8H2,1-5H3. The molecule has 0 heterocycles. The van der Waals surface area contributed by atoms with Gasteiger partial charge in [-0.2, -0.15) is 0 Å². The van der Waals surface area contributed by atoms with Gasteiger partial charge in [0.05, 0.1) is 24.4 Å². The fraction of sp³-hybridized carbons (Fsp3) is 1.00. The molecule has 80 valence electrons. The predicted octanol–water partition coefficient (Wildman–Crippen LogP) is 1.16. The van der Waals surface area contributed by atoms with Crippen LogP contribution in [-0.4, -0.2) is 36.5 Å². The van der Waals surface area contributed by atoms with Crippen molar-refractivity contribution in [1.82, 2.24) is 5.32 Å². The fourth-order valence-electron chi connectivity index (χ4n) is 0.654. The van der Waals surface area contributed by atoms with Crippen molar-refractivity contribution < 1.29 is 9.84 Å². The highest BCUT2D eigenvalue weighted by molar-refractivity contribution is 4.81. The molecule has 1 unspecified atom stereocenters. The van der Waals surface area contributed by atoms with Crippen LogP contribution in [-0.2, 0) is 4.74 Å². The van der Waals surface area contributed by atoms with E-state index in [4.69, 9.17) is 9.84 Å². The third-order valence-electron chi connectivity index (χ3n) is 2.59. The van der Waals surface area contributed by atoms with Crippen LogP contribution in [0.4, 0.5) is 0 Å². The molecule has 0 aliphatic heterocycles. The largest absolute Gasteiger partial charge is 0.394 e. The molecule has 13 heavy (non-hydrogen) atoms. The average molecular weight is 189 g/mol. The van der Waals surface area contributed by atoms with Gasteiger partial charge in [0.1, 0.15) is 0 Å². The first kappa shape index (κ1) is 12.9. The lowest BCUT2D eigenvalue weighted by molar-refractivity contribution is -0.0558. The van der Waals surface area contributed by atoms with Crippen molar-refractivity contribution in [3.05, 3.63) is 0 Å². The normalized spacial score (nSPS) is 17.1. The van der Waals surface area contributed by atoms with Crippen molar-refractivity contribution in [3.8, 4) is 0 Å². The Morgan fingerprint density at radius 1 is 1.31 bits per heavy atom. The highest BCUT2D eigenvalue weighted by atomic mass is 16.5. The Hall–Kier alpha value is -0.120. The summed E-state index contributed by atoms with van der Waals surface area (Å²) in [4.78, 5) is 0. The van der Waals surface area contributed by atoms with Crippen LogP contribution in [0.25, 0.3) is 0 Å².